The maximum Gasteiger partial charge on any atom is 0.416 e. The van der Waals surface area contributed by atoms with Crippen LogP contribution in [0.2, 0.25) is 0 Å². The van der Waals surface area contributed by atoms with Crippen LogP contribution in [-0.4, -0.2) is 123 Å². The van der Waals surface area contributed by atoms with Gasteiger partial charge in [-0.3, -0.25) is 45.3 Å². The first-order valence-corrected chi connectivity index (χ1v) is 51.1. The first kappa shape index (κ1) is 111. The lowest BCUT2D eigenvalue weighted by atomic mass is 9.96. The van der Waals surface area contributed by atoms with Crippen molar-refractivity contribution in [2.75, 3.05) is 27.3 Å². The molecule has 2 aliphatic rings. The van der Waals surface area contributed by atoms with E-state index < -0.39 is 138 Å². The number of unbranched alkanes of at least 4 members (excludes halogenated alkanes) is 5. The van der Waals surface area contributed by atoms with Crippen molar-refractivity contribution in [1.82, 2.24) is 40.2 Å². The normalized spacial score (nSPS) is 12.6. The largest absolute Gasteiger partial charge is 0.497 e. The number of urea groups is 4. The number of alkyl halides is 3. The van der Waals surface area contributed by atoms with E-state index in [1.54, 1.807) is 86.0 Å². The molecule has 754 valence electrons. The molecular weight excluding hydrogens is 2050 g/mol. The minimum absolute atomic E-state index is 0.115. The Balaban J connectivity index is 0.000000212. The molecule has 2 aliphatic carbocycles. The number of benzene rings is 10. The van der Waals surface area contributed by atoms with Gasteiger partial charge in [0.1, 0.15) is 71.3 Å². The summed E-state index contributed by atoms with van der Waals surface area (Å²) >= 11 is 2.02. The number of methoxy groups -OCH3 is 2. The highest BCUT2D eigenvalue weighted by atomic mass is 127. The van der Waals surface area contributed by atoms with E-state index in [1.807, 2.05) is 85.7 Å². The molecule has 2 saturated carbocycles. The number of carbonyl (C=O) groups is 5. The van der Waals surface area contributed by atoms with Crippen molar-refractivity contribution in [1.29, 1.82) is 0 Å². The van der Waals surface area contributed by atoms with Crippen LogP contribution in [0.15, 0.2) is 238 Å². The van der Waals surface area contributed by atoms with Crippen molar-refractivity contribution in [3.05, 3.63) is 274 Å². The molecule has 10 aromatic carbocycles. The summed E-state index contributed by atoms with van der Waals surface area (Å²) in [7, 11) is -15.1. The van der Waals surface area contributed by atoms with Crippen LogP contribution >= 0.6 is 22.6 Å². The number of rotatable bonds is 36. The lowest BCUT2D eigenvalue weighted by molar-refractivity contribution is -0.385. The number of hydrogen-bond donors (Lipinski definition) is 8. The highest BCUT2D eigenvalue weighted by Gasteiger charge is 2.34. The fourth-order valence-electron chi connectivity index (χ4n) is 13.8. The molecule has 0 aliphatic heterocycles. The van der Waals surface area contributed by atoms with E-state index in [4.69, 9.17) is 23.7 Å². The summed E-state index contributed by atoms with van der Waals surface area (Å²) in [6.45, 7) is 4.58. The van der Waals surface area contributed by atoms with Crippen molar-refractivity contribution in [2.45, 2.75) is 174 Å². The number of esters is 1. The molecule has 2 fully saturated rings. The number of ether oxygens (including phenoxy) is 6. The second-order valence-corrected chi connectivity index (χ2v) is 39.2. The molecule has 142 heavy (non-hydrogen) atoms. The summed E-state index contributed by atoms with van der Waals surface area (Å²) in [6, 6.07) is 46.8. The number of nitro benzene ring substituents is 4. The summed E-state index contributed by atoms with van der Waals surface area (Å²) < 4.78 is 184. The molecule has 12 rings (SSSR count). The number of nitrogens with one attached hydrogen (secondary N) is 8. The van der Waals surface area contributed by atoms with E-state index in [2.05, 4.69) is 37.8 Å². The van der Waals surface area contributed by atoms with Crippen LogP contribution < -0.4 is 63.8 Å². The Morgan fingerprint density at radius 1 is 0.401 bits per heavy atom. The first-order chi connectivity index (χ1) is 67.6. The van der Waals surface area contributed by atoms with E-state index in [1.165, 1.54) is 43.5 Å². The third kappa shape index (κ3) is 34.3. The molecule has 10 aromatic rings. The van der Waals surface area contributed by atoms with Crippen LogP contribution in [0, 0.1) is 55.9 Å². The minimum Gasteiger partial charge on any atom is -0.497 e. The fraction of sp³-hybridized carbons (Fsp3) is 0.295. The van der Waals surface area contributed by atoms with Gasteiger partial charge < -0.3 is 49.7 Å². The monoisotopic (exact) mass is 2150 g/mol. The minimum atomic E-state index is -4.60. The van der Waals surface area contributed by atoms with Gasteiger partial charge in [0.15, 0.2) is 0 Å². The zero-order valence-electron chi connectivity index (χ0n) is 76.7. The molecule has 8 amide bonds. The Kier molecular flexibility index (Phi) is 41.4. The van der Waals surface area contributed by atoms with Crippen molar-refractivity contribution in [3.8, 4) is 85.8 Å². The predicted molar refractivity (Wildman–Crippen MR) is 524 cm³/mol. The Labute approximate surface area is 829 Å². The SMILES string of the molecule is CCCCCNC(=O)NS(=O)(=O)c1cc([N+](=O)[O-])ccc1Oc1ccccc1C#CCCCC(=O)OC.CCCCCNC(=O)NS(=O)(=O)c1cc([N+](=O)[O-])ccc1Oc1ccccc1I.COc1ccc(-c2cccc(Oc3ccc([N+](=O)[O-])cc3S(=O)(=O)NC(=O)NC3CCCCC3)c2)cc1.O=C(NC1CCCCC1)NS(=O)(=O)c1cc([N+](=O)[O-])ccc1Oc1cccc(-c2ccc(C(F)(F)F)cc2)c1. The number of non-ortho nitro benzene ring substituents is 4. The summed E-state index contributed by atoms with van der Waals surface area (Å²) in [5.41, 5.74) is 0.326. The first-order valence-electron chi connectivity index (χ1n) is 44.1. The van der Waals surface area contributed by atoms with Crippen molar-refractivity contribution in [3.63, 3.8) is 0 Å². The summed E-state index contributed by atoms with van der Waals surface area (Å²) in [6.07, 6.45) is 10.5. The molecule has 0 spiro atoms. The number of carbonyl (C=O) groups excluding carboxylic acids is 5. The van der Waals surface area contributed by atoms with E-state index in [9.17, 15) is 111 Å². The van der Waals surface area contributed by atoms with Crippen LogP contribution in [0.25, 0.3) is 22.3 Å². The number of amides is 8. The molecule has 47 heteroatoms. The lowest BCUT2D eigenvalue weighted by Crippen LogP contribution is -2.45. The number of hydrogen-bond acceptors (Lipinski definition) is 27. The van der Waals surface area contributed by atoms with Crippen molar-refractivity contribution in [2.24, 2.45) is 0 Å². The molecular formula is C95H100F3IN12O27S4. The van der Waals surface area contributed by atoms with E-state index in [-0.39, 0.29) is 65.5 Å². The summed E-state index contributed by atoms with van der Waals surface area (Å²) in [5, 5.41) is 55.2. The maximum absolute atomic E-state index is 13.1. The predicted octanol–water partition coefficient (Wildman–Crippen LogP) is 20.2. The van der Waals surface area contributed by atoms with Crippen LogP contribution in [0.4, 0.5) is 55.1 Å². The fourth-order valence-corrected chi connectivity index (χ4v) is 18.6. The van der Waals surface area contributed by atoms with Gasteiger partial charge in [-0.1, -0.05) is 163 Å². The van der Waals surface area contributed by atoms with Gasteiger partial charge in [-0.15, -0.1) is 0 Å². The zero-order valence-corrected chi connectivity index (χ0v) is 82.2. The third-order valence-electron chi connectivity index (χ3n) is 21.0. The molecule has 0 aromatic heterocycles. The van der Waals surface area contributed by atoms with E-state index >= 15 is 0 Å². The van der Waals surface area contributed by atoms with Gasteiger partial charge >= 0.3 is 36.3 Å². The summed E-state index contributed by atoms with van der Waals surface area (Å²) in [5.74, 6) is 6.41. The molecule has 0 bridgehead atoms. The molecule has 0 radical (unpaired) electrons. The maximum atomic E-state index is 13.1. The topological polar surface area (TPSA) is 546 Å². The summed E-state index contributed by atoms with van der Waals surface area (Å²) in [4.78, 5) is 100. The van der Waals surface area contributed by atoms with Crippen molar-refractivity contribution >= 4 is 116 Å². The highest BCUT2D eigenvalue weighted by Crippen LogP contribution is 2.41. The number of nitrogens with zero attached hydrogens (tertiary/aromatic N) is 4. The Bertz CT molecular complexity index is 6730. The average Bonchev–Trinajstić information content (AvgIpc) is 0.836. The molecule has 0 unspecified atom stereocenters. The number of para-hydroxylation sites is 2. The highest BCUT2D eigenvalue weighted by molar-refractivity contribution is 14.1. The van der Waals surface area contributed by atoms with E-state index in [0.29, 0.717) is 82.6 Å². The smallest absolute Gasteiger partial charge is 0.416 e. The average molecular weight is 2150 g/mol. The second kappa shape index (κ2) is 53.0. The number of nitro groups is 4. The quantitative estimate of drug-likeness (QED) is 0.00451. The molecule has 0 atom stereocenters. The number of halogens is 4. The molecule has 0 heterocycles. The Hall–Kier alpha value is -14.8. The second-order valence-electron chi connectivity index (χ2n) is 31.4. The van der Waals surface area contributed by atoms with Gasteiger partial charge in [0, 0.05) is 86.5 Å². The molecule has 0 saturated heterocycles. The molecule has 8 N–H and O–H groups in total. The van der Waals surface area contributed by atoms with Gasteiger partial charge in [0.05, 0.1) is 48.6 Å². The lowest BCUT2D eigenvalue weighted by Gasteiger charge is -2.23. The standard InChI is InChI=1S/C26H24F3N3O6S.C26H27N3O7S.C25H29N3O8S.C18H20IN3O6S/c27-26(28,29)19-11-9-17(10-12-19)18-5-4-8-22(15-18)38-23-14-13-21(32(34)35)16-24(23)39(36,37)31-25(33)30-20-6-2-1-3-7-20;1-35-22-13-10-18(11-14-22)19-6-5-9-23(16-19)36-24-15-12-21(29(31)32)17-25(24)37(33,34)28-26(30)27-20-7-3-2-4-8-20;1-3-4-10-17-26-25(30)27-37(33,34)23-18-20(28(31)32)15-16-22(23)36-21-13-9-8-12-19(21)11-6-5-7-14-24(29)35-2;1-2-3-6-11-20-18(23)21-29(26,27)17-12-13(22(24)25)9-10-16(17)28-15-8-5-4-7-14(15)19/h4-5,8-16,20H,1-3,6-7H2,(H2,30,31,33);5-6,9-17,20H,2-4,7-8H2,1H3,(H2,27,28,30);8-9,12-13,15-16,18H,3-5,7,10,14,17H2,1-2H3,(H2,26,27,30);4-5,7-10,12H,2-3,6,11H2,1H3,(H2,20,21,23). The van der Waals surface area contributed by atoms with Crippen LogP contribution in [0.3, 0.4) is 0 Å². The van der Waals surface area contributed by atoms with Crippen molar-refractivity contribution < 1.29 is 119 Å². The van der Waals surface area contributed by atoms with Crippen LogP contribution in [-0.2, 0) is 55.8 Å². The Morgan fingerprint density at radius 2 is 0.768 bits per heavy atom. The van der Waals surface area contributed by atoms with Crippen LogP contribution in [0.5, 0.6) is 51.7 Å². The van der Waals surface area contributed by atoms with Gasteiger partial charge in [-0.25, -0.2) is 71.7 Å². The van der Waals surface area contributed by atoms with E-state index in [0.717, 1.165) is 161 Å². The van der Waals surface area contributed by atoms with Gasteiger partial charge in [-0.05, 0) is 187 Å². The number of sulfonamides is 4. The van der Waals surface area contributed by atoms with Gasteiger partial charge in [0.2, 0.25) is 0 Å². The van der Waals surface area contributed by atoms with Gasteiger partial charge in [0.25, 0.3) is 62.8 Å². The Morgan fingerprint density at radius 3 is 1.14 bits per heavy atom. The third-order valence-corrected chi connectivity index (χ3v) is 27.3. The van der Waals surface area contributed by atoms with Gasteiger partial charge in [-0.2, -0.15) is 13.2 Å². The zero-order chi connectivity index (χ0) is 103. The van der Waals surface area contributed by atoms with Crippen LogP contribution in [0.1, 0.15) is 147 Å². The molecule has 39 nitrogen and oxygen atoms in total.